The highest BCUT2D eigenvalue weighted by atomic mass is 19.1. The van der Waals surface area contributed by atoms with Gasteiger partial charge in [0.1, 0.15) is 11.6 Å². The van der Waals surface area contributed by atoms with Crippen LogP contribution < -0.4 is 10.1 Å². The highest BCUT2D eigenvalue weighted by Gasteiger charge is 2.25. The maximum absolute atomic E-state index is 14.2. The van der Waals surface area contributed by atoms with Crippen molar-refractivity contribution < 1.29 is 13.9 Å². The second kappa shape index (κ2) is 4.03. The van der Waals surface area contributed by atoms with E-state index in [0.717, 1.165) is 6.54 Å². The minimum Gasteiger partial charge on any atom is -0.493 e. The molecule has 16 heavy (non-hydrogen) atoms. The summed E-state index contributed by atoms with van der Waals surface area (Å²) in [5, 5.41) is 3.21. The lowest BCUT2D eigenvalue weighted by Crippen LogP contribution is -2.33. The van der Waals surface area contributed by atoms with Crippen LogP contribution in [0.4, 0.5) is 4.39 Å². The van der Waals surface area contributed by atoms with Crippen LogP contribution in [-0.4, -0.2) is 26.3 Å². The Balaban J connectivity index is 1.95. The number of hydrogen-bond acceptors (Lipinski definition) is 3. The van der Waals surface area contributed by atoms with Crippen molar-refractivity contribution in [3.8, 4) is 5.75 Å². The van der Waals surface area contributed by atoms with Crippen LogP contribution in [0, 0.1) is 5.82 Å². The predicted octanol–water partition coefficient (Wildman–Crippen LogP) is 1.42. The van der Waals surface area contributed by atoms with Gasteiger partial charge in [0.05, 0.1) is 19.3 Å². The summed E-state index contributed by atoms with van der Waals surface area (Å²) in [5.74, 6) is 0.536. The van der Waals surface area contributed by atoms with Crippen molar-refractivity contribution in [3.63, 3.8) is 0 Å². The van der Waals surface area contributed by atoms with E-state index in [2.05, 4.69) is 5.32 Å². The van der Waals surface area contributed by atoms with E-state index >= 15 is 0 Å². The number of nitrogens with one attached hydrogen (secondary N) is 1. The molecule has 3 rings (SSSR count). The van der Waals surface area contributed by atoms with Gasteiger partial charge in [0.2, 0.25) is 0 Å². The number of morpholine rings is 1. The van der Waals surface area contributed by atoms with Gasteiger partial charge in [-0.3, -0.25) is 0 Å². The van der Waals surface area contributed by atoms with Crippen molar-refractivity contribution in [2.75, 3.05) is 26.3 Å². The zero-order valence-corrected chi connectivity index (χ0v) is 8.96. The summed E-state index contributed by atoms with van der Waals surface area (Å²) in [7, 11) is 0. The molecule has 0 bridgehead atoms. The molecule has 86 valence electrons. The molecular weight excluding hydrogens is 209 g/mol. The van der Waals surface area contributed by atoms with E-state index in [1.807, 2.05) is 6.07 Å². The Labute approximate surface area is 93.6 Å². The largest absolute Gasteiger partial charge is 0.493 e. The third-order valence-electron chi connectivity index (χ3n) is 3.11. The Morgan fingerprint density at radius 2 is 2.25 bits per heavy atom. The summed E-state index contributed by atoms with van der Waals surface area (Å²) in [5.41, 5.74) is 1.35. The number of fused-ring (bicyclic) bond motifs is 1. The van der Waals surface area contributed by atoms with Crippen LogP contribution in [0.1, 0.15) is 17.2 Å². The normalized spacial score (nSPS) is 23.9. The molecular formula is C12H14FNO2. The van der Waals surface area contributed by atoms with Gasteiger partial charge >= 0.3 is 0 Å². The molecule has 1 unspecified atom stereocenters. The van der Waals surface area contributed by atoms with Gasteiger partial charge in [-0.1, -0.05) is 0 Å². The first-order valence-corrected chi connectivity index (χ1v) is 5.62. The minimum atomic E-state index is -0.167. The topological polar surface area (TPSA) is 30.5 Å². The van der Waals surface area contributed by atoms with Crippen LogP contribution in [-0.2, 0) is 11.2 Å². The molecule has 1 saturated heterocycles. The molecule has 0 amide bonds. The first-order valence-electron chi connectivity index (χ1n) is 5.62. The molecule has 0 radical (unpaired) electrons. The van der Waals surface area contributed by atoms with Crippen LogP contribution in [0.15, 0.2) is 12.1 Å². The molecule has 1 aromatic carbocycles. The molecule has 3 nitrogen and oxygen atoms in total. The molecule has 1 fully saturated rings. The van der Waals surface area contributed by atoms with E-state index in [9.17, 15) is 4.39 Å². The van der Waals surface area contributed by atoms with Crippen molar-refractivity contribution in [2.45, 2.75) is 12.5 Å². The van der Waals surface area contributed by atoms with E-state index in [0.29, 0.717) is 43.1 Å². The Hall–Kier alpha value is -1.13. The van der Waals surface area contributed by atoms with E-state index in [-0.39, 0.29) is 11.9 Å². The number of ether oxygens (including phenoxy) is 2. The monoisotopic (exact) mass is 223 g/mol. The van der Waals surface area contributed by atoms with Crippen molar-refractivity contribution in [1.82, 2.24) is 5.32 Å². The Bertz CT molecular complexity index is 402. The summed E-state index contributed by atoms with van der Waals surface area (Å²) in [6.07, 6.45) is 0.495. The molecule has 2 aliphatic heterocycles. The van der Waals surface area contributed by atoms with Crippen LogP contribution >= 0.6 is 0 Å². The average molecular weight is 223 g/mol. The summed E-state index contributed by atoms with van der Waals surface area (Å²) in [6.45, 7) is 2.74. The zero-order chi connectivity index (χ0) is 11.0. The fourth-order valence-corrected chi connectivity index (χ4v) is 2.27. The lowest BCUT2D eigenvalue weighted by Gasteiger charge is -2.24. The summed E-state index contributed by atoms with van der Waals surface area (Å²) in [4.78, 5) is 0. The number of hydrogen-bond donors (Lipinski definition) is 1. The summed E-state index contributed by atoms with van der Waals surface area (Å²) < 4.78 is 25.1. The predicted molar refractivity (Wildman–Crippen MR) is 57.2 cm³/mol. The van der Waals surface area contributed by atoms with Gasteiger partial charge in [-0.05, 0) is 12.1 Å². The molecule has 4 heteroatoms. The third kappa shape index (κ3) is 1.58. The Morgan fingerprint density at radius 3 is 3.06 bits per heavy atom. The molecule has 1 aromatic rings. The van der Waals surface area contributed by atoms with Crippen LogP contribution in [0.25, 0.3) is 0 Å². The van der Waals surface area contributed by atoms with Gasteiger partial charge in [0.15, 0.2) is 0 Å². The highest BCUT2D eigenvalue weighted by Crippen LogP contribution is 2.33. The molecule has 1 N–H and O–H groups in total. The van der Waals surface area contributed by atoms with E-state index < -0.39 is 0 Å². The summed E-state index contributed by atoms with van der Waals surface area (Å²) in [6, 6.07) is 3.62. The fraction of sp³-hybridized carbons (Fsp3) is 0.500. The Kier molecular flexibility index (Phi) is 2.53. The Morgan fingerprint density at radius 1 is 1.31 bits per heavy atom. The SMILES string of the molecule is Fc1c(C2CNCCO2)ccc2c1CCO2. The maximum atomic E-state index is 14.2. The third-order valence-corrected chi connectivity index (χ3v) is 3.11. The molecule has 2 aliphatic rings. The van der Waals surface area contributed by atoms with Gasteiger partial charge < -0.3 is 14.8 Å². The molecule has 1 atom stereocenters. The molecule has 0 spiro atoms. The van der Waals surface area contributed by atoms with E-state index in [1.165, 1.54) is 0 Å². The fourth-order valence-electron chi connectivity index (χ4n) is 2.27. The number of rotatable bonds is 1. The number of halogens is 1. The minimum absolute atomic E-state index is 0.149. The van der Waals surface area contributed by atoms with Crippen molar-refractivity contribution in [1.29, 1.82) is 0 Å². The van der Waals surface area contributed by atoms with Gasteiger partial charge in [0, 0.05) is 30.6 Å². The van der Waals surface area contributed by atoms with Crippen LogP contribution in [0.3, 0.4) is 0 Å². The van der Waals surface area contributed by atoms with Crippen molar-refractivity contribution in [2.24, 2.45) is 0 Å². The van der Waals surface area contributed by atoms with Crippen molar-refractivity contribution >= 4 is 0 Å². The second-order valence-corrected chi connectivity index (χ2v) is 4.11. The highest BCUT2D eigenvalue weighted by molar-refractivity contribution is 5.42. The van der Waals surface area contributed by atoms with Gasteiger partial charge in [-0.2, -0.15) is 0 Å². The quantitative estimate of drug-likeness (QED) is 0.781. The van der Waals surface area contributed by atoms with Crippen LogP contribution in [0.2, 0.25) is 0 Å². The lowest BCUT2D eigenvalue weighted by atomic mass is 10.0. The number of benzene rings is 1. The van der Waals surface area contributed by atoms with Crippen molar-refractivity contribution in [3.05, 3.63) is 29.1 Å². The second-order valence-electron chi connectivity index (χ2n) is 4.11. The summed E-state index contributed by atoms with van der Waals surface area (Å²) >= 11 is 0. The van der Waals surface area contributed by atoms with Crippen LogP contribution in [0.5, 0.6) is 5.75 Å². The van der Waals surface area contributed by atoms with E-state index in [4.69, 9.17) is 9.47 Å². The average Bonchev–Trinajstić information content (AvgIpc) is 2.80. The molecule has 0 aliphatic carbocycles. The zero-order valence-electron chi connectivity index (χ0n) is 8.96. The molecule has 0 aromatic heterocycles. The van der Waals surface area contributed by atoms with E-state index in [1.54, 1.807) is 6.07 Å². The van der Waals surface area contributed by atoms with Gasteiger partial charge in [0.25, 0.3) is 0 Å². The van der Waals surface area contributed by atoms with Gasteiger partial charge in [-0.25, -0.2) is 4.39 Å². The molecule has 2 heterocycles. The smallest absolute Gasteiger partial charge is 0.136 e. The standard InChI is InChI=1S/C12H14FNO2/c13-12-8(11-7-14-4-6-16-11)1-2-10-9(12)3-5-15-10/h1-2,11,14H,3-7H2. The first kappa shape index (κ1) is 10.1. The maximum Gasteiger partial charge on any atom is 0.136 e. The molecule has 0 saturated carbocycles. The van der Waals surface area contributed by atoms with Gasteiger partial charge in [-0.15, -0.1) is 0 Å². The first-order chi connectivity index (χ1) is 7.86. The lowest BCUT2D eigenvalue weighted by molar-refractivity contribution is 0.0254.